The second-order valence-corrected chi connectivity index (χ2v) is 5.87. The Morgan fingerprint density at radius 2 is 2.15 bits per heavy atom. The molecular weight excluding hydrogens is 318 g/mol. The third-order valence-electron chi connectivity index (χ3n) is 3.76. The molecule has 1 aliphatic rings. The fourth-order valence-electron chi connectivity index (χ4n) is 2.85. The van der Waals surface area contributed by atoms with E-state index in [-0.39, 0.29) is 12.1 Å². The molecule has 1 heterocycles. The molecule has 3 rings (SSSR count). The maximum absolute atomic E-state index is 6.16. The molecule has 0 fully saturated rings. The number of hydrogen-bond donors (Lipinski definition) is 1. The summed E-state index contributed by atoms with van der Waals surface area (Å²) in [5, 5.41) is 2.39. The van der Waals surface area contributed by atoms with Crippen molar-refractivity contribution in [2.45, 2.75) is 31.9 Å². The lowest BCUT2D eigenvalue weighted by molar-refractivity contribution is 0.0268. The molecule has 0 radical (unpaired) electrons. The average molecular weight is 336 g/mol. The Balaban J connectivity index is 2.12. The summed E-state index contributed by atoms with van der Waals surface area (Å²) in [6, 6.07) is 10.6. The first-order chi connectivity index (χ1) is 9.76. The smallest absolute Gasteiger partial charge is 0.139 e. The molecule has 0 saturated carbocycles. The minimum atomic E-state index is 0.0795. The number of halogens is 1. The van der Waals surface area contributed by atoms with E-state index in [9.17, 15) is 0 Å². The van der Waals surface area contributed by atoms with Gasteiger partial charge in [-0.25, -0.2) is 0 Å². The van der Waals surface area contributed by atoms with Crippen molar-refractivity contribution in [1.29, 1.82) is 0 Å². The summed E-state index contributed by atoms with van der Waals surface area (Å²) in [6.45, 7) is 2.17. The van der Waals surface area contributed by atoms with E-state index in [4.69, 9.17) is 9.57 Å². The van der Waals surface area contributed by atoms with Crippen LogP contribution in [0.5, 0.6) is 5.75 Å². The molecule has 2 unspecified atom stereocenters. The van der Waals surface area contributed by atoms with Gasteiger partial charge in [-0.1, -0.05) is 37.6 Å². The van der Waals surface area contributed by atoms with Gasteiger partial charge < -0.3 is 9.57 Å². The van der Waals surface area contributed by atoms with Crippen molar-refractivity contribution in [2.24, 2.45) is 0 Å². The molecule has 0 aromatic heterocycles. The molecule has 2 aromatic carbocycles. The van der Waals surface area contributed by atoms with E-state index < -0.39 is 0 Å². The summed E-state index contributed by atoms with van der Waals surface area (Å²) >= 11 is 3.70. The van der Waals surface area contributed by atoms with Gasteiger partial charge >= 0.3 is 0 Å². The van der Waals surface area contributed by atoms with Crippen molar-refractivity contribution in [2.75, 3.05) is 7.11 Å². The maximum Gasteiger partial charge on any atom is 0.139 e. The van der Waals surface area contributed by atoms with Crippen LogP contribution in [0.4, 0.5) is 0 Å². The van der Waals surface area contributed by atoms with Crippen molar-refractivity contribution in [3.05, 3.63) is 40.4 Å². The lowest BCUT2D eigenvalue weighted by Crippen LogP contribution is -2.30. The lowest BCUT2D eigenvalue weighted by Gasteiger charge is -2.18. The van der Waals surface area contributed by atoms with E-state index in [2.05, 4.69) is 52.6 Å². The molecule has 0 aliphatic carbocycles. The van der Waals surface area contributed by atoms with Crippen LogP contribution in [0, 0.1) is 0 Å². The fraction of sp³-hybridized carbons (Fsp3) is 0.375. The summed E-state index contributed by atoms with van der Waals surface area (Å²) in [5.74, 6) is 0.941. The Labute approximate surface area is 127 Å². The Morgan fingerprint density at radius 1 is 1.35 bits per heavy atom. The van der Waals surface area contributed by atoms with E-state index >= 15 is 0 Å². The first-order valence-corrected chi connectivity index (χ1v) is 7.71. The molecule has 3 nitrogen and oxygen atoms in total. The second-order valence-electron chi connectivity index (χ2n) is 5.07. The van der Waals surface area contributed by atoms with Gasteiger partial charge in [-0.2, -0.15) is 5.48 Å². The highest BCUT2D eigenvalue weighted by molar-refractivity contribution is 9.10. The normalized spacial score (nSPS) is 20.9. The predicted octanol–water partition coefficient (Wildman–Crippen LogP) is 4.36. The van der Waals surface area contributed by atoms with E-state index in [0.29, 0.717) is 0 Å². The van der Waals surface area contributed by atoms with Gasteiger partial charge in [0, 0.05) is 5.56 Å². The van der Waals surface area contributed by atoms with Crippen LogP contribution in [0.25, 0.3) is 10.8 Å². The zero-order chi connectivity index (χ0) is 14.1. The lowest BCUT2D eigenvalue weighted by atomic mass is 9.98. The topological polar surface area (TPSA) is 30.5 Å². The van der Waals surface area contributed by atoms with Crippen LogP contribution in [0.1, 0.15) is 31.4 Å². The van der Waals surface area contributed by atoms with Crippen molar-refractivity contribution in [1.82, 2.24) is 5.48 Å². The highest BCUT2D eigenvalue weighted by atomic mass is 79.9. The molecule has 0 spiro atoms. The molecule has 1 aliphatic heterocycles. The van der Waals surface area contributed by atoms with Crippen LogP contribution in [-0.4, -0.2) is 13.2 Å². The molecule has 1 N–H and O–H groups in total. The summed E-state index contributed by atoms with van der Waals surface area (Å²) in [7, 11) is 1.65. The highest BCUT2D eigenvalue weighted by Crippen LogP contribution is 2.46. The van der Waals surface area contributed by atoms with Crippen LogP contribution in [-0.2, 0) is 4.84 Å². The number of benzene rings is 2. The molecule has 0 amide bonds. The van der Waals surface area contributed by atoms with Gasteiger partial charge in [0.15, 0.2) is 0 Å². The Hall–Kier alpha value is -1.10. The highest BCUT2D eigenvalue weighted by Gasteiger charge is 2.35. The SMILES string of the molecule is CCCC1Oc2c(cc3ccccc3c2Br)C1NOC. The zero-order valence-corrected chi connectivity index (χ0v) is 13.2. The zero-order valence-electron chi connectivity index (χ0n) is 11.7. The van der Waals surface area contributed by atoms with Crippen LogP contribution < -0.4 is 10.2 Å². The largest absolute Gasteiger partial charge is 0.487 e. The van der Waals surface area contributed by atoms with Gasteiger partial charge in [-0.05, 0) is 39.2 Å². The average Bonchev–Trinajstić information content (AvgIpc) is 2.79. The predicted molar refractivity (Wildman–Crippen MR) is 83.9 cm³/mol. The van der Waals surface area contributed by atoms with Crippen LogP contribution >= 0.6 is 15.9 Å². The molecule has 0 bridgehead atoms. The second kappa shape index (κ2) is 5.72. The third-order valence-corrected chi connectivity index (χ3v) is 4.55. The van der Waals surface area contributed by atoms with Crippen LogP contribution in [0.15, 0.2) is 34.8 Å². The quantitative estimate of drug-likeness (QED) is 0.842. The number of nitrogens with one attached hydrogen (secondary N) is 1. The molecule has 106 valence electrons. The summed E-state index contributed by atoms with van der Waals surface area (Å²) in [4.78, 5) is 5.17. The molecule has 0 saturated heterocycles. The van der Waals surface area contributed by atoms with Crippen molar-refractivity contribution in [3.63, 3.8) is 0 Å². The van der Waals surface area contributed by atoms with Gasteiger partial charge in [-0.3, -0.25) is 0 Å². The molecule has 4 heteroatoms. The summed E-state index contributed by atoms with van der Waals surface area (Å²) in [5.41, 5.74) is 4.24. The van der Waals surface area contributed by atoms with Crippen molar-refractivity contribution in [3.8, 4) is 5.75 Å². The number of ether oxygens (including phenoxy) is 1. The van der Waals surface area contributed by atoms with E-state index in [1.807, 2.05) is 6.07 Å². The van der Waals surface area contributed by atoms with Gasteiger partial charge in [-0.15, -0.1) is 0 Å². The van der Waals surface area contributed by atoms with Crippen molar-refractivity contribution >= 4 is 26.7 Å². The van der Waals surface area contributed by atoms with E-state index in [1.54, 1.807) is 7.11 Å². The molecular formula is C16H18BrNO2. The number of rotatable bonds is 4. The van der Waals surface area contributed by atoms with Gasteiger partial charge in [0.25, 0.3) is 0 Å². The molecule has 20 heavy (non-hydrogen) atoms. The molecule has 2 atom stereocenters. The summed E-state index contributed by atoms with van der Waals surface area (Å²) < 4.78 is 7.20. The minimum absolute atomic E-state index is 0.0795. The van der Waals surface area contributed by atoms with Gasteiger partial charge in [0.1, 0.15) is 11.9 Å². The first-order valence-electron chi connectivity index (χ1n) is 6.92. The third kappa shape index (κ3) is 2.22. The number of fused-ring (bicyclic) bond motifs is 2. The standard InChI is InChI=1S/C16H18BrNO2/c1-3-6-13-15(18-19-2)12-9-10-7-4-5-8-11(10)14(17)16(12)20-13/h4-5,7-9,13,15,18H,3,6H2,1-2H3. The van der Waals surface area contributed by atoms with Gasteiger partial charge in [0.2, 0.25) is 0 Å². The fourth-order valence-corrected chi connectivity index (χ4v) is 3.54. The summed E-state index contributed by atoms with van der Waals surface area (Å²) in [6.07, 6.45) is 2.19. The first kappa shape index (κ1) is 13.9. The number of hydroxylamine groups is 1. The van der Waals surface area contributed by atoms with Crippen molar-refractivity contribution < 1.29 is 9.57 Å². The Morgan fingerprint density at radius 3 is 2.90 bits per heavy atom. The van der Waals surface area contributed by atoms with Crippen LogP contribution in [0.3, 0.4) is 0 Å². The Bertz CT molecular complexity index is 629. The monoisotopic (exact) mass is 335 g/mol. The van der Waals surface area contributed by atoms with Gasteiger partial charge in [0.05, 0.1) is 17.6 Å². The van der Waals surface area contributed by atoms with Crippen LogP contribution in [0.2, 0.25) is 0 Å². The number of hydrogen-bond acceptors (Lipinski definition) is 3. The molecule has 2 aromatic rings. The Kier molecular flexibility index (Phi) is 3.96. The minimum Gasteiger partial charge on any atom is -0.487 e. The van der Waals surface area contributed by atoms with E-state index in [0.717, 1.165) is 28.6 Å². The maximum atomic E-state index is 6.16. The van der Waals surface area contributed by atoms with E-state index in [1.165, 1.54) is 10.8 Å².